The van der Waals surface area contributed by atoms with E-state index in [1.54, 1.807) is 36.5 Å². The highest BCUT2D eigenvalue weighted by Crippen LogP contribution is 2.25. The molecule has 1 unspecified atom stereocenters. The number of pyridine rings is 1. The third-order valence-electron chi connectivity index (χ3n) is 2.70. The molecule has 2 aromatic rings. The van der Waals surface area contributed by atoms with Crippen molar-refractivity contribution in [3.63, 3.8) is 0 Å². The maximum atomic E-state index is 11.8. The van der Waals surface area contributed by atoms with E-state index in [0.717, 1.165) is 0 Å². The zero-order valence-electron chi connectivity index (χ0n) is 10.4. The number of rotatable bonds is 4. The zero-order valence-corrected chi connectivity index (χ0v) is 11.9. The van der Waals surface area contributed by atoms with Gasteiger partial charge in [-0.3, -0.25) is 9.78 Å². The highest BCUT2D eigenvalue weighted by atomic mass is 35.5. The molecule has 1 aromatic carbocycles. The van der Waals surface area contributed by atoms with E-state index >= 15 is 0 Å². The van der Waals surface area contributed by atoms with Crippen molar-refractivity contribution >= 4 is 29.1 Å². The summed E-state index contributed by atoms with van der Waals surface area (Å²) in [5.74, 6) is -0.303. The lowest BCUT2D eigenvalue weighted by molar-refractivity contribution is 0.0916. The van der Waals surface area contributed by atoms with Gasteiger partial charge in [-0.25, -0.2) is 0 Å². The third kappa shape index (κ3) is 3.70. The van der Waals surface area contributed by atoms with Crippen LogP contribution in [0, 0.1) is 0 Å². The van der Waals surface area contributed by atoms with Crippen molar-refractivity contribution in [2.75, 3.05) is 6.54 Å². The number of amides is 1. The summed E-state index contributed by atoms with van der Waals surface area (Å²) in [5, 5.41) is 13.5. The lowest BCUT2D eigenvalue weighted by atomic mass is 10.1. The van der Waals surface area contributed by atoms with Crippen LogP contribution in [0.1, 0.15) is 22.0 Å². The van der Waals surface area contributed by atoms with Gasteiger partial charge in [0, 0.05) is 34.5 Å². The van der Waals surface area contributed by atoms with Gasteiger partial charge in [0.1, 0.15) is 0 Å². The Balaban J connectivity index is 1.98. The van der Waals surface area contributed by atoms with E-state index in [1.165, 1.54) is 6.20 Å². The molecule has 0 aliphatic carbocycles. The minimum absolute atomic E-state index is 0.0507. The van der Waals surface area contributed by atoms with Gasteiger partial charge in [0.15, 0.2) is 0 Å². The molecule has 4 nitrogen and oxygen atoms in total. The van der Waals surface area contributed by atoms with E-state index in [1.807, 2.05) is 0 Å². The van der Waals surface area contributed by atoms with Crippen molar-refractivity contribution in [3.8, 4) is 0 Å². The van der Waals surface area contributed by atoms with Crippen molar-refractivity contribution in [3.05, 3.63) is 63.9 Å². The molecule has 0 aliphatic heterocycles. The van der Waals surface area contributed by atoms with Gasteiger partial charge in [-0.2, -0.15) is 0 Å². The fourth-order valence-electron chi connectivity index (χ4n) is 1.67. The number of aliphatic hydroxyl groups excluding tert-OH is 1. The van der Waals surface area contributed by atoms with E-state index in [0.29, 0.717) is 21.2 Å². The molecule has 6 heteroatoms. The number of aromatic nitrogens is 1. The van der Waals surface area contributed by atoms with Crippen molar-refractivity contribution in [2.24, 2.45) is 0 Å². The van der Waals surface area contributed by atoms with Crippen LogP contribution in [0.15, 0.2) is 42.7 Å². The fraction of sp³-hybridized carbons (Fsp3) is 0.143. The molecule has 0 spiro atoms. The average molecular weight is 311 g/mol. The minimum Gasteiger partial charge on any atom is -0.387 e. The van der Waals surface area contributed by atoms with Gasteiger partial charge >= 0.3 is 0 Å². The summed E-state index contributed by atoms with van der Waals surface area (Å²) in [4.78, 5) is 15.7. The molecule has 0 radical (unpaired) electrons. The molecule has 1 heterocycles. The number of nitrogens with one attached hydrogen (secondary N) is 1. The first-order valence-corrected chi connectivity index (χ1v) is 6.65. The maximum absolute atomic E-state index is 11.8. The summed E-state index contributed by atoms with van der Waals surface area (Å²) < 4.78 is 0. The number of hydrogen-bond donors (Lipinski definition) is 2. The van der Waals surface area contributed by atoms with E-state index < -0.39 is 6.10 Å². The first-order valence-electron chi connectivity index (χ1n) is 5.89. The molecule has 1 amide bonds. The predicted octanol–water partition coefficient (Wildman–Crippen LogP) is 2.85. The summed E-state index contributed by atoms with van der Waals surface area (Å²) in [6.45, 7) is 0.0507. The first kappa shape index (κ1) is 14.8. The SMILES string of the molecule is O=C(NCC(O)c1ccc(Cl)cc1Cl)c1cccnc1. The second-order valence-corrected chi connectivity index (χ2v) is 4.98. The Morgan fingerprint density at radius 3 is 2.80 bits per heavy atom. The lowest BCUT2D eigenvalue weighted by Gasteiger charge is -2.14. The Hall–Kier alpha value is -1.62. The molecule has 1 atom stereocenters. The summed E-state index contributed by atoms with van der Waals surface area (Å²) in [6.07, 6.45) is 2.14. The number of nitrogens with zero attached hydrogens (tertiary/aromatic N) is 1. The van der Waals surface area contributed by atoms with Crippen LogP contribution in [0.3, 0.4) is 0 Å². The van der Waals surface area contributed by atoms with Gasteiger partial charge in [0.05, 0.1) is 11.7 Å². The molecular weight excluding hydrogens is 299 g/mol. The van der Waals surface area contributed by atoms with Crippen molar-refractivity contribution in [1.29, 1.82) is 0 Å². The van der Waals surface area contributed by atoms with Gasteiger partial charge in [-0.15, -0.1) is 0 Å². The number of aliphatic hydroxyl groups is 1. The van der Waals surface area contributed by atoms with Gasteiger partial charge in [0.25, 0.3) is 5.91 Å². The quantitative estimate of drug-likeness (QED) is 0.912. The van der Waals surface area contributed by atoms with Gasteiger partial charge < -0.3 is 10.4 Å². The van der Waals surface area contributed by atoms with Crippen LogP contribution in [-0.2, 0) is 0 Å². The van der Waals surface area contributed by atoms with Crippen LogP contribution < -0.4 is 5.32 Å². The number of halogens is 2. The van der Waals surface area contributed by atoms with Crippen molar-refractivity contribution in [2.45, 2.75) is 6.10 Å². The number of carbonyl (C=O) groups is 1. The topological polar surface area (TPSA) is 62.2 Å². The van der Waals surface area contributed by atoms with E-state index in [-0.39, 0.29) is 12.5 Å². The first-order chi connectivity index (χ1) is 9.58. The molecule has 0 saturated heterocycles. The number of hydrogen-bond acceptors (Lipinski definition) is 3. The van der Waals surface area contributed by atoms with Crippen LogP contribution in [0.25, 0.3) is 0 Å². The molecule has 1 aromatic heterocycles. The Kier molecular flexibility index (Phi) is 4.95. The van der Waals surface area contributed by atoms with Gasteiger partial charge in [-0.1, -0.05) is 29.3 Å². The van der Waals surface area contributed by atoms with Crippen molar-refractivity contribution < 1.29 is 9.90 Å². The molecule has 20 heavy (non-hydrogen) atoms. The van der Waals surface area contributed by atoms with Gasteiger partial charge in [-0.05, 0) is 24.3 Å². The Labute approximate surface area is 126 Å². The average Bonchev–Trinajstić information content (AvgIpc) is 2.45. The predicted molar refractivity (Wildman–Crippen MR) is 78.0 cm³/mol. The lowest BCUT2D eigenvalue weighted by Crippen LogP contribution is -2.28. The molecule has 0 aliphatic rings. The molecule has 104 valence electrons. The third-order valence-corrected chi connectivity index (χ3v) is 3.26. The Bertz CT molecular complexity index is 605. The largest absolute Gasteiger partial charge is 0.387 e. The summed E-state index contributed by atoms with van der Waals surface area (Å²) >= 11 is 11.8. The fourth-order valence-corrected chi connectivity index (χ4v) is 2.20. The second-order valence-electron chi connectivity index (χ2n) is 4.13. The van der Waals surface area contributed by atoms with Crippen molar-refractivity contribution in [1.82, 2.24) is 10.3 Å². The maximum Gasteiger partial charge on any atom is 0.252 e. The van der Waals surface area contributed by atoms with E-state index in [2.05, 4.69) is 10.3 Å². The van der Waals surface area contributed by atoms with E-state index in [9.17, 15) is 9.90 Å². The Morgan fingerprint density at radius 2 is 2.15 bits per heavy atom. The molecule has 2 rings (SSSR count). The molecule has 0 saturated carbocycles. The van der Waals surface area contributed by atoms with Gasteiger partial charge in [0.2, 0.25) is 0 Å². The van der Waals surface area contributed by atoms with Crippen LogP contribution in [-0.4, -0.2) is 22.5 Å². The summed E-state index contributed by atoms with van der Waals surface area (Å²) in [6, 6.07) is 8.12. The normalized spacial score (nSPS) is 11.9. The standard InChI is InChI=1S/C14H12Cl2N2O2/c15-10-3-4-11(12(16)6-10)13(19)8-18-14(20)9-2-1-5-17-7-9/h1-7,13,19H,8H2,(H,18,20). The minimum atomic E-state index is -0.902. The number of benzene rings is 1. The Morgan fingerprint density at radius 1 is 1.35 bits per heavy atom. The zero-order chi connectivity index (χ0) is 14.5. The highest BCUT2D eigenvalue weighted by Gasteiger charge is 2.14. The van der Waals surface area contributed by atoms with Crippen LogP contribution in [0.4, 0.5) is 0 Å². The monoisotopic (exact) mass is 310 g/mol. The summed E-state index contributed by atoms with van der Waals surface area (Å²) in [5.41, 5.74) is 0.949. The molecule has 2 N–H and O–H groups in total. The highest BCUT2D eigenvalue weighted by molar-refractivity contribution is 6.35. The molecule has 0 fully saturated rings. The smallest absolute Gasteiger partial charge is 0.252 e. The molecular formula is C14H12Cl2N2O2. The summed E-state index contributed by atoms with van der Waals surface area (Å²) in [7, 11) is 0. The number of carbonyl (C=O) groups excluding carboxylic acids is 1. The molecule has 0 bridgehead atoms. The van der Waals surface area contributed by atoms with E-state index in [4.69, 9.17) is 23.2 Å². The van der Waals surface area contributed by atoms with Crippen LogP contribution in [0.5, 0.6) is 0 Å². The van der Waals surface area contributed by atoms with Crippen LogP contribution in [0.2, 0.25) is 10.0 Å². The second kappa shape index (κ2) is 6.70. The van der Waals surface area contributed by atoms with Crippen LogP contribution >= 0.6 is 23.2 Å².